The van der Waals surface area contributed by atoms with E-state index >= 15 is 0 Å². The van der Waals surface area contributed by atoms with Gasteiger partial charge < -0.3 is 19.9 Å². The van der Waals surface area contributed by atoms with Gasteiger partial charge in [0.1, 0.15) is 16.9 Å². The van der Waals surface area contributed by atoms with Crippen LogP contribution in [-0.2, 0) is 6.54 Å². The molecule has 5 heteroatoms. The normalized spacial score (nSPS) is 13.0. The molecular weight excluding hydrogens is 258 g/mol. The molecule has 0 radical (unpaired) electrons. The first kappa shape index (κ1) is 14.6. The Kier molecular flexibility index (Phi) is 4.42. The lowest BCUT2D eigenvalue weighted by Crippen LogP contribution is -2.36. The number of furan rings is 1. The Morgan fingerprint density at radius 2 is 2.05 bits per heavy atom. The van der Waals surface area contributed by atoms with Crippen molar-refractivity contribution < 1.29 is 19.4 Å². The fourth-order valence-corrected chi connectivity index (χ4v) is 2.19. The van der Waals surface area contributed by atoms with Crippen molar-refractivity contribution in [3.8, 4) is 0 Å². The van der Waals surface area contributed by atoms with Crippen LogP contribution in [0.2, 0.25) is 0 Å². The average Bonchev–Trinajstić information content (AvgIpc) is 2.77. The molecule has 2 rings (SSSR count). The van der Waals surface area contributed by atoms with Crippen LogP contribution in [0.25, 0.3) is 11.0 Å². The second-order valence-electron chi connectivity index (χ2n) is 5.12. The minimum Gasteiger partial charge on any atom is -0.478 e. The number of fused-ring (bicyclic) bond motifs is 1. The highest BCUT2D eigenvalue weighted by molar-refractivity contribution is 6.03. The summed E-state index contributed by atoms with van der Waals surface area (Å²) in [6, 6.07) is 6.98. The Morgan fingerprint density at radius 1 is 1.35 bits per heavy atom. The summed E-state index contributed by atoms with van der Waals surface area (Å²) in [5.74, 6) is -0.368. The van der Waals surface area contributed by atoms with Crippen molar-refractivity contribution in [3.05, 3.63) is 35.6 Å². The van der Waals surface area contributed by atoms with Gasteiger partial charge in [0.2, 0.25) is 0 Å². The molecule has 1 heterocycles. The van der Waals surface area contributed by atoms with E-state index in [2.05, 4.69) is 5.32 Å². The fraction of sp³-hybridized carbons (Fsp3) is 0.400. The molecule has 1 aromatic carbocycles. The Hall–Kier alpha value is -1.85. The van der Waals surface area contributed by atoms with Crippen molar-refractivity contribution in [3.63, 3.8) is 0 Å². The Labute approximate surface area is 117 Å². The number of para-hydroxylation sites is 1. The summed E-state index contributed by atoms with van der Waals surface area (Å²) in [5, 5.41) is 22.4. The lowest BCUT2D eigenvalue weighted by atomic mass is 10.1. The van der Waals surface area contributed by atoms with E-state index in [1.807, 2.05) is 13.8 Å². The number of aliphatic hydroxyl groups is 1. The van der Waals surface area contributed by atoms with Crippen molar-refractivity contribution in [1.29, 1.82) is 0 Å². The zero-order valence-electron chi connectivity index (χ0n) is 11.6. The van der Waals surface area contributed by atoms with E-state index in [0.717, 1.165) is 0 Å². The zero-order chi connectivity index (χ0) is 14.7. The maximum Gasteiger partial charge on any atom is 0.339 e. The van der Waals surface area contributed by atoms with Crippen LogP contribution in [0.3, 0.4) is 0 Å². The summed E-state index contributed by atoms with van der Waals surface area (Å²) in [5.41, 5.74) is 0.750. The average molecular weight is 277 g/mol. The zero-order valence-corrected chi connectivity index (χ0v) is 11.6. The van der Waals surface area contributed by atoms with Gasteiger partial charge in [0.25, 0.3) is 0 Å². The van der Waals surface area contributed by atoms with Gasteiger partial charge in [-0.3, -0.25) is 0 Å². The van der Waals surface area contributed by atoms with E-state index in [1.54, 1.807) is 24.3 Å². The largest absolute Gasteiger partial charge is 0.478 e. The molecule has 0 aliphatic carbocycles. The van der Waals surface area contributed by atoms with Crippen LogP contribution >= 0.6 is 0 Å². The molecule has 108 valence electrons. The summed E-state index contributed by atoms with van der Waals surface area (Å²) >= 11 is 0. The molecule has 20 heavy (non-hydrogen) atoms. The van der Waals surface area contributed by atoms with Crippen molar-refractivity contribution in [2.24, 2.45) is 5.92 Å². The molecule has 0 saturated carbocycles. The molecule has 2 aromatic rings. The fourth-order valence-electron chi connectivity index (χ4n) is 2.19. The van der Waals surface area contributed by atoms with Gasteiger partial charge in [0.05, 0.1) is 13.2 Å². The highest BCUT2D eigenvalue weighted by Gasteiger charge is 2.21. The van der Waals surface area contributed by atoms with Crippen molar-refractivity contribution in [2.45, 2.75) is 26.4 Å². The standard InChI is InChI=1S/C15H19NO4/c1-9(2)11(8-17)16-7-13-14(15(18)19)10-5-3-4-6-12(10)20-13/h3-6,9,11,16-17H,7-8H2,1-2H3,(H,18,19). The number of hydrogen-bond acceptors (Lipinski definition) is 4. The quantitative estimate of drug-likeness (QED) is 0.754. The predicted octanol–water partition coefficient (Wildman–Crippen LogP) is 2.24. The molecule has 0 fully saturated rings. The molecule has 3 N–H and O–H groups in total. The number of benzene rings is 1. The summed E-state index contributed by atoms with van der Waals surface area (Å²) in [6.45, 7) is 4.26. The van der Waals surface area contributed by atoms with Gasteiger partial charge >= 0.3 is 5.97 Å². The topological polar surface area (TPSA) is 82.7 Å². The third kappa shape index (κ3) is 2.84. The monoisotopic (exact) mass is 277 g/mol. The van der Waals surface area contributed by atoms with Crippen molar-refractivity contribution in [2.75, 3.05) is 6.61 Å². The number of nitrogens with one attached hydrogen (secondary N) is 1. The van der Waals surface area contributed by atoms with E-state index in [0.29, 0.717) is 16.7 Å². The minimum absolute atomic E-state index is 0.000297. The van der Waals surface area contributed by atoms with Gasteiger partial charge in [-0.15, -0.1) is 0 Å². The number of carbonyl (C=O) groups is 1. The van der Waals surface area contributed by atoms with Gasteiger partial charge in [-0.1, -0.05) is 32.0 Å². The van der Waals surface area contributed by atoms with Gasteiger partial charge in [-0.25, -0.2) is 4.79 Å². The molecule has 1 atom stereocenters. The van der Waals surface area contributed by atoms with Crippen LogP contribution in [0.1, 0.15) is 30.0 Å². The number of aliphatic hydroxyl groups excluding tert-OH is 1. The molecule has 1 unspecified atom stereocenters. The second-order valence-corrected chi connectivity index (χ2v) is 5.12. The van der Waals surface area contributed by atoms with Crippen LogP contribution < -0.4 is 5.32 Å². The summed E-state index contributed by atoms with van der Waals surface area (Å²) in [4.78, 5) is 11.4. The van der Waals surface area contributed by atoms with E-state index in [9.17, 15) is 15.0 Å². The first-order valence-electron chi connectivity index (χ1n) is 6.62. The van der Waals surface area contributed by atoms with E-state index in [4.69, 9.17) is 4.42 Å². The summed E-state index contributed by atoms with van der Waals surface area (Å²) < 4.78 is 5.61. The van der Waals surface area contributed by atoms with E-state index < -0.39 is 5.97 Å². The van der Waals surface area contributed by atoms with Crippen LogP contribution in [0.5, 0.6) is 0 Å². The number of carboxylic acid groups (broad SMARTS) is 1. The third-order valence-electron chi connectivity index (χ3n) is 3.41. The molecule has 0 aliphatic rings. The number of carboxylic acids is 1. The number of hydrogen-bond donors (Lipinski definition) is 3. The van der Waals surface area contributed by atoms with Crippen molar-refractivity contribution >= 4 is 16.9 Å². The molecule has 5 nitrogen and oxygen atoms in total. The smallest absolute Gasteiger partial charge is 0.339 e. The van der Waals surface area contributed by atoms with Gasteiger partial charge in [0.15, 0.2) is 0 Å². The summed E-state index contributed by atoms with van der Waals surface area (Å²) in [7, 11) is 0. The van der Waals surface area contributed by atoms with E-state index in [-0.39, 0.29) is 30.7 Å². The third-order valence-corrected chi connectivity index (χ3v) is 3.41. The Balaban J connectivity index is 2.29. The summed E-state index contributed by atoms with van der Waals surface area (Å²) in [6.07, 6.45) is 0. The van der Waals surface area contributed by atoms with Crippen LogP contribution in [0, 0.1) is 5.92 Å². The molecule has 1 aromatic heterocycles. The molecule has 0 amide bonds. The maximum absolute atomic E-state index is 11.4. The molecule has 0 spiro atoms. The predicted molar refractivity (Wildman–Crippen MR) is 75.7 cm³/mol. The minimum atomic E-state index is -1.00. The highest BCUT2D eigenvalue weighted by Crippen LogP contribution is 2.26. The van der Waals surface area contributed by atoms with Gasteiger partial charge in [0, 0.05) is 11.4 Å². The maximum atomic E-state index is 11.4. The van der Waals surface area contributed by atoms with Gasteiger partial charge in [-0.05, 0) is 12.0 Å². The lowest BCUT2D eigenvalue weighted by molar-refractivity contribution is 0.0696. The molecule has 0 aliphatic heterocycles. The second kappa shape index (κ2) is 6.07. The van der Waals surface area contributed by atoms with Crippen LogP contribution in [0.4, 0.5) is 0 Å². The molecule has 0 saturated heterocycles. The van der Waals surface area contributed by atoms with E-state index in [1.165, 1.54) is 0 Å². The molecular formula is C15H19NO4. The Morgan fingerprint density at radius 3 is 2.65 bits per heavy atom. The number of aromatic carboxylic acids is 1. The van der Waals surface area contributed by atoms with Crippen LogP contribution in [-0.4, -0.2) is 28.8 Å². The first-order valence-corrected chi connectivity index (χ1v) is 6.62. The van der Waals surface area contributed by atoms with Crippen molar-refractivity contribution in [1.82, 2.24) is 5.32 Å². The lowest BCUT2D eigenvalue weighted by Gasteiger charge is -2.19. The first-order chi connectivity index (χ1) is 9.54. The van der Waals surface area contributed by atoms with Crippen LogP contribution in [0.15, 0.2) is 28.7 Å². The number of rotatable bonds is 6. The Bertz CT molecular complexity index is 603. The highest BCUT2D eigenvalue weighted by atomic mass is 16.4. The SMILES string of the molecule is CC(C)C(CO)NCc1oc2ccccc2c1C(=O)O. The molecule has 0 bridgehead atoms. The van der Waals surface area contributed by atoms with Gasteiger partial charge in [-0.2, -0.15) is 0 Å².